The Kier molecular flexibility index (Phi) is 7.65. The molecule has 1 aromatic carbocycles. The van der Waals surface area contributed by atoms with Crippen LogP contribution in [0.15, 0.2) is 30.3 Å². The molecule has 7 heteroatoms. The first-order valence-electron chi connectivity index (χ1n) is 10.0. The number of esters is 1. The van der Waals surface area contributed by atoms with E-state index in [1.54, 1.807) is 20.1 Å². The van der Waals surface area contributed by atoms with Crippen molar-refractivity contribution in [3.8, 4) is 5.75 Å². The molecule has 160 valence electrons. The highest BCUT2D eigenvalue weighted by Crippen LogP contribution is 2.40. The number of rotatable bonds is 8. The Bertz CT molecular complexity index is 916. The third kappa shape index (κ3) is 5.49. The maximum atomic E-state index is 12.5. The van der Waals surface area contributed by atoms with Crippen molar-refractivity contribution in [2.24, 2.45) is 5.92 Å². The van der Waals surface area contributed by atoms with Crippen molar-refractivity contribution in [1.82, 2.24) is 0 Å². The Morgan fingerprint density at radius 3 is 2.73 bits per heavy atom. The highest BCUT2D eigenvalue weighted by Gasteiger charge is 2.28. The van der Waals surface area contributed by atoms with Crippen LogP contribution in [-0.2, 0) is 27.1 Å². The van der Waals surface area contributed by atoms with Crippen LogP contribution in [0.25, 0.3) is 6.08 Å². The summed E-state index contributed by atoms with van der Waals surface area (Å²) in [5, 5.41) is 3.46. The van der Waals surface area contributed by atoms with Crippen molar-refractivity contribution in [3.05, 3.63) is 51.9 Å². The fourth-order valence-corrected chi connectivity index (χ4v) is 4.79. The van der Waals surface area contributed by atoms with Gasteiger partial charge in [-0.15, -0.1) is 11.3 Å². The number of amides is 1. The number of hydrogen-bond donors (Lipinski definition) is 1. The Labute approximate surface area is 180 Å². The topological polar surface area (TPSA) is 73.9 Å². The molecular formula is C23H27NO5S. The summed E-state index contributed by atoms with van der Waals surface area (Å²) in [4.78, 5) is 26.2. The standard InChI is InChI=1S/C23H27NO5S/c1-4-28-23(26)21-18-11-5-15(2)13-19(18)30-22(21)24-20(25)12-8-16-6-9-17(10-7-16)29-14-27-3/h6-10,12,15H,4-5,11,13-14H2,1-3H3,(H,24,25)/b12-8+. The van der Waals surface area contributed by atoms with E-state index in [1.807, 2.05) is 24.3 Å². The number of benzene rings is 1. The van der Waals surface area contributed by atoms with Gasteiger partial charge in [-0.05, 0) is 61.4 Å². The van der Waals surface area contributed by atoms with Gasteiger partial charge in [0, 0.05) is 18.1 Å². The zero-order valence-corrected chi connectivity index (χ0v) is 18.3. The molecular weight excluding hydrogens is 402 g/mol. The van der Waals surface area contributed by atoms with E-state index in [1.165, 1.54) is 22.3 Å². The fourth-order valence-electron chi connectivity index (χ4n) is 3.39. The number of hydrogen-bond acceptors (Lipinski definition) is 6. The van der Waals surface area contributed by atoms with Crippen LogP contribution in [0.2, 0.25) is 0 Å². The minimum Gasteiger partial charge on any atom is -0.468 e. The van der Waals surface area contributed by atoms with E-state index >= 15 is 0 Å². The van der Waals surface area contributed by atoms with Gasteiger partial charge < -0.3 is 19.5 Å². The summed E-state index contributed by atoms with van der Waals surface area (Å²) in [6, 6.07) is 7.32. The fraction of sp³-hybridized carbons (Fsp3) is 0.391. The van der Waals surface area contributed by atoms with E-state index in [9.17, 15) is 9.59 Å². The quantitative estimate of drug-likeness (QED) is 0.375. The minimum absolute atomic E-state index is 0.184. The van der Waals surface area contributed by atoms with Crippen LogP contribution in [0.4, 0.5) is 5.00 Å². The van der Waals surface area contributed by atoms with Gasteiger partial charge in [0.2, 0.25) is 5.91 Å². The van der Waals surface area contributed by atoms with Gasteiger partial charge in [0.1, 0.15) is 10.8 Å². The van der Waals surface area contributed by atoms with Crippen molar-refractivity contribution in [3.63, 3.8) is 0 Å². The van der Waals surface area contributed by atoms with Crippen molar-refractivity contribution in [2.75, 3.05) is 25.8 Å². The molecule has 1 unspecified atom stereocenters. The lowest BCUT2D eigenvalue weighted by molar-refractivity contribution is -0.111. The van der Waals surface area contributed by atoms with Gasteiger partial charge in [-0.1, -0.05) is 19.1 Å². The summed E-state index contributed by atoms with van der Waals surface area (Å²) < 4.78 is 15.5. The average molecular weight is 430 g/mol. The Morgan fingerprint density at radius 2 is 2.03 bits per heavy atom. The van der Waals surface area contributed by atoms with Gasteiger partial charge in [-0.25, -0.2) is 4.79 Å². The van der Waals surface area contributed by atoms with Gasteiger partial charge >= 0.3 is 5.97 Å². The van der Waals surface area contributed by atoms with Crippen LogP contribution < -0.4 is 10.1 Å². The molecule has 1 N–H and O–H groups in total. The second kappa shape index (κ2) is 10.4. The molecule has 6 nitrogen and oxygen atoms in total. The number of ether oxygens (including phenoxy) is 3. The number of methoxy groups -OCH3 is 1. The number of carbonyl (C=O) groups is 2. The largest absolute Gasteiger partial charge is 0.468 e. The monoisotopic (exact) mass is 429 g/mol. The van der Waals surface area contributed by atoms with E-state index in [4.69, 9.17) is 14.2 Å². The smallest absolute Gasteiger partial charge is 0.341 e. The number of thiophene rings is 1. The zero-order chi connectivity index (χ0) is 21.5. The lowest BCUT2D eigenvalue weighted by Crippen LogP contribution is -2.15. The van der Waals surface area contributed by atoms with Crippen LogP contribution in [0, 0.1) is 5.92 Å². The molecule has 3 rings (SSSR count). The van der Waals surface area contributed by atoms with E-state index < -0.39 is 0 Å². The Morgan fingerprint density at radius 1 is 1.27 bits per heavy atom. The van der Waals surface area contributed by atoms with Gasteiger partial charge in [-0.2, -0.15) is 0 Å². The highest BCUT2D eigenvalue weighted by molar-refractivity contribution is 7.17. The number of carbonyl (C=O) groups excluding carboxylic acids is 2. The molecule has 0 aliphatic heterocycles. The second-order valence-corrected chi connectivity index (χ2v) is 8.32. The molecule has 0 saturated carbocycles. The molecule has 1 heterocycles. The van der Waals surface area contributed by atoms with Crippen molar-refractivity contribution in [2.45, 2.75) is 33.1 Å². The number of anilines is 1. The van der Waals surface area contributed by atoms with E-state index in [0.717, 1.165) is 30.4 Å². The van der Waals surface area contributed by atoms with E-state index in [-0.39, 0.29) is 18.7 Å². The Hall–Kier alpha value is -2.64. The molecule has 0 spiro atoms. The molecule has 0 bridgehead atoms. The number of nitrogens with one attached hydrogen (secondary N) is 1. The van der Waals surface area contributed by atoms with Crippen LogP contribution in [-0.4, -0.2) is 32.4 Å². The maximum absolute atomic E-state index is 12.5. The van der Waals surface area contributed by atoms with Gasteiger partial charge in [0.25, 0.3) is 0 Å². The molecule has 2 aromatic rings. The molecule has 1 amide bonds. The maximum Gasteiger partial charge on any atom is 0.341 e. The normalized spacial score (nSPS) is 15.6. The predicted molar refractivity (Wildman–Crippen MR) is 118 cm³/mol. The lowest BCUT2D eigenvalue weighted by atomic mass is 9.88. The average Bonchev–Trinajstić information content (AvgIpc) is 3.08. The summed E-state index contributed by atoms with van der Waals surface area (Å²) in [6.45, 7) is 4.48. The van der Waals surface area contributed by atoms with Crippen LogP contribution in [0.1, 0.15) is 46.6 Å². The van der Waals surface area contributed by atoms with E-state index in [0.29, 0.717) is 28.8 Å². The predicted octanol–water partition coefficient (Wildman–Crippen LogP) is 4.68. The van der Waals surface area contributed by atoms with Crippen molar-refractivity contribution >= 4 is 34.3 Å². The molecule has 0 radical (unpaired) electrons. The molecule has 1 atom stereocenters. The SMILES string of the molecule is CCOC(=O)c1c(NC(=O)/C=C/c2ccc(OCOC)cc2)sc2c1CCC(C)C2. The third-order valence-corrected chi connectivity index (χ3v) is 6.05. The lowest BCUT2D eigenvalue weighted by Gasteiger charge is -2.18. The van der Waals surface area contributed by atoms with Crippen LogP contribution in [0.5, 0.6) is 5.75 Å². The van der Waals surface area contributed by atoms with Crippen LogP contribution >= 0.6 is 11.3 Å². The number of fused-ring (bicyclic) bond motifs is 1. The molecule has 30 heavy (non-hydrogen) atoms. The zero-order valence-electron chi connectivity index (χ0n) is 17.5. The summed E-state index contributed by atoms with van der Waals surface area (Å²) >= 11 is 1.48. The Balaban J connectivity index is 1.72. The molecule has 0 fully saturated rings. The van der Waals surface area contributed by atoms with Crippen molar-refractivity contribution < 1.29 is 23.8 Å². The molecule has 1 aromatic heterocycles. The van der Waals surface area contributed by atoms with Crippen molar-refractivity contribution in [1.29, 1.82) is 0 Å². The van der Waals surface area contributed by atoms with E-state index in [2.05, 4.69) is 12.2 Å². The van der Waals surface area contributed by atoms with Gasteiger partial charge in [0.05, 0.1) is 12.2 Å². The summed E-state index contributed by atoms with van der Waals surface area (Å²) in [7, 11) is 1.56. The molecule has 0 saturated heterocycles. The van der Waals surface area contributed by atoms with Gasteiger partial charge in [0.15, 0.2) is 6.79 Å². The first kappa shape index (κ1) is 22.1. The van der Waals surface area contributed by atoms with Crippen LogP contribution in [0.3, 0.4) is 0 Å². The van der Waals surface area contributed by atoms with Gasteiger partial charge in [-0.3, -0.25) is 4.79 Å². The summed E-state index contributed by atoms with van der Waals surface area (Å²) in [6.07, 6.45) is 5.98. The molecule has 1 aliphatic rings. The first-order chi connectivity index (χ1) is 14.5. The summed E-state index contributed by atoms with van der Waals surface area (Å²) in [5.74, 6) is 0.615. The summed E-state index contributed by atoms with van der Waals surface area (Å²) in [5.41, 5.74) is 2.41. The molecule has 1 aliphatic carbocycles. The second-order valence-electron chi connectivity index (χ2n) is 7.22. The minimum atomic E-state index is -0.365. The third-order valence-electron chi connectivity index (χ3n) is 4.88. The first-order valence-corrected chi connectivity index (χ1v) is 10.9. The highest BCUT2D eigenvalue weighted by atomic mass is 32.1.